The normalized spacial score (nSPS) is 16.6. The number of nitrogens with one attached hydrogen (secondary N) is 2. The molecule has 2 aromatic heterocycles. The lowest BCUT2D eigenvalue weighted by molar-refractivity contribution is 0.0355. The Morgan fingerprint density at radius 2 is 1.98 bits per heavy atom. The van der Waals surface area contributed by atoms with Crippen molar-refractivity contribution in [3.8, 4) is 5.75 Å². The van der Waals surface area contributed by atoms with Crippen molar-refractivity contribution >= 4 is 44.6 Å². The van der Waals surface area contributed by atoms with Crippen molar-refractivity contribution in [1.29, 1.82) is 0 Å². The molecule has 0 bridgehead atoms. The van der Waals surface area contributed by atoms with Gasteiger partial charge in [0.25, 0.3) is 0 Å². The van der Waals surface area contributed by atoms with Gasteiger partial charge in [-0.25, -0.2) is 13.4 Å². The number of benzene rings is 1. The summed E-state index contributed by atoms with van der Waals surface area (Å²) in [6.45, 7) is 13.8. The predicted molar refractivity (Wildman–Crippen MR) is 166 cm³/mol. The van der Waals surface area contributed by atoms with E-state index >= 15 is 0 Å². The molecular weight excluding hydrogens is 578 g/mol. The fourth-order valence-electron chi connectivity index (χ4n) is 5.15. The summed E-state index contributed by atoms with van der Waals surface area (Å²) in [6.07, 6.45) is 5.15. The number of aromatic nitrogens is 4. The van der Waals surface area contributed by atoms with Crippen LogP contribution in [0.2, 0.25) is 5.02 Å². The number of rotatable bonds is 11. The average molecular weight is 620 g/mol. The molecule has 1 aliphatic heterocycles. The topological polar surface area (TPSA) is 134 Å². The highest BCUT2D eigenvalue weighted by atomic mass is 35.5. The molecule has 42 heavy (non-hydrogen) atoms. The van der Waals surface area contributed by atoms with Crippen LogP contribution in [0.15, 0.2) is 29.6 Å². The molecule has 3 aromatic rings. The molecule has 1 fully saturated rings. The summed E-state index contributed by atoms with van der Waals surface area (Å²) in [5, 5.41) is 19.9. The molecule has 0 radical (unpaired) electrons. The molecule has 0 saturated carbocycles. The lowest BCUT2D eigenvalue weighted by Crippen LogP contribution is -2.50. The van der Waals surface area contributed by atoms with E-state index in [0.29, 0.717) is 24.0 Å². The Bertz CT molecular complexity index is 1520. The minimum atomic E-state index is -3.65. The fraction of sp³-hybridized carbons (Fsp3) is 0.552. The highest BCUT2D eigenvalue weighted by molar-refractivity contribution is 7.92. The number of likely N-dealkylation sites (tertiary alicyclic amines) is 1. The Morgan fingerprint density at radius 1 is 1.24 bits per heavy atom. The van der Waals surface area contributed by atoms with Gasteiger partial charge >= 0.3 is 0 Å². The lowest BCUT2D eigenvalue weighted by Gasteiger charge is -2.43. The Labute approximate surface area is 253 Å². The molecule has 3 heterocycles. The number of anilines is 4. The zero-order valence-corrected chi connectivity index (χ0v) is 27.0. The molecule has 4 rings (SSSR count). The minimum absolute atomic E-state index is 0.0716. The third-order valence-corrected chi connectivity index (χ3v) is 10.1. The van der Waals surface area contributed by atoms with Gasteiger partial charge in [-0.3, -0.25) is 9.58 Å². The maximum absolute atomic E-state index is 12.9. The van der Waals surface area contributed by atoms with Gasteiger partial charge in [-0.05, 0) is 90.1 Å². The number of ether oxygens (including phenoxy) is 1. The fourth-order valence-corrected chi connectivity index (χ4v) is 6.38. The summed E-state index contributed by atoms with van der Waals surface area (Å²) in [6, 6.07) is 4.13. The summed E-state index contributed by atoms with van der Waals surface area (Å²) in [5.74, 6) is 1.50. The first kappa shape index (κ1) is 32.0. The van der Waals surface area contributed by atoms with Gasteiger partial charge < -0.3 is 20.5 Å². The zero-order chi connectivity index (χ0) is 30.8. The lowest BCUT2D eigenvalue weighted by atomic mass is 9.85. The smallest absolute Gasteiger partial charge is 0.229 e. The van der Waals surface area contributed by atoms with Gasteiger partial charge in [0, 0.05) is 25.3 Å². The van der Waals surface area contributed by atoms with E-state index in [1.807, 2.05) is 13.0 Å². The second-order valence-electron chi connectivity index (χ2n) is 11.6. The quantitative estimate of drug-likeness (QED) is 0.263. The van der Waals surface area contributed by atoms with Crippen molar-refractivity contribution in [1.82, 2.24) is 24.6 Å². The predicted octanol–water partition coefficient (Wildman–Crippen LogP) is 5.19. The molecule has 11 nitrogen and oxygen atoms in total. The van der Waals surface area contributed by atoms with Gasteiger partial charge in [0.2, 0.25) is 20.8 Å². The van der Waals surface area contributed by atoms with Gasteiger partial charge in [0.05, 0.1) is 36.0 Å². The van der Waals surface area contributed by atoms with E-state index in [9.17, 15) is 13.5 Å². The Hall–Kier alpha value is -2.93. The Morgan fingerprint density at radius 3 is 2.64 bits per heavy atom. The van der Waals surface area contributed by atoms with Crippen LogP contribution in [0.25, 0.3) is 0 Å². The third kappa shape index (κ3) is 6.82. The molecule has 1 aliphatic rings. The number of hydrogen-bond acceptors (Lipinski definition) is 10. The van der Waals surface area contributed by atoms with E-state index in [1.165, 1.54) is 16.4 Å². The maximum atomic E-state index is 12.9. The number of aliphatic hydroxyl groups excluding tert-OH is 1. The number of nitrogens with zero attached hydrogens (tertiary/aromatic N) is 5. The van der Waals surface area contributed by atoms with Crippen molar-refractivity contribution in [3.63, 3.8) is 0 Å². The second-order valence-corrected chi connectivity index (χ2v) is 14.5. The summed E-state index contributed by atoms with van der Waals surface area (Å²) in [4.78, 5) is 11.3. The van der Waals surface area contributed by atoms with Crippen LogP contribution >= 0.6 is 11.6 Å². The third-order valence-electron chi connectivity index (χ3n) is 7.70. The van der Waals surface area contributed by atoms with E-state index in [1.54, 1.807) is 27.1 Å². The molecule has 13 heteroatoms. The van der Waals surface area contributed by atoms with Crippen LogP contribution in [0.5, 0.6) is 5.75 Å². The minimum Gasteiger partial charge on any atom is -0.492 e. The molecule has 3 N–H and O–H groups in total. The summed E-state index contributed by atoms with van der Waals surface area (Å²) in [5.41, 5.74) is 3.04. The summed E-state index contributed by atoms with van der Waals surface area (Å²) < 4.78 is 33.2. The molecule has 0 aliphatic carbocycles. The van der Waals surface area contributed by atoms with Crippen molar-refractivity contribution in [2.24, 2.45) is 7.05 Å². The summed E-state index contributed by atoms with van der Waals surface area (Å²) >= 11 is 6.42. The first-order valence-corrected chi connectivity index (χ1v) is 16.2. The molecule has 230 valence electrons. The second kappa shape index (κ2) is 12.7. The van der Waals surface area contributed by atoms with E-state index in [2.05, 4.69) is 57.4 Å². The number of aliphatic hydroxyl groups is 1. The number of aryl methyl sites for hydroxylation is 2. The first-order valence-electron chi connectivity index (χ1n) is 14.2. The van der Waals surface area contributed by atoms with Crippen LogP contribution in [0.4, 0.5) is 23.1 Å². The molecule has 1 aromatic carbocycles. The highest BCUT2D eigenvalue weighted by Gasteiger charge is 2.32. The van der Waals surface area contributed by atoms with Crippen molar-refractivity contribution in [2.75, 3.05) is 36.9 Å². The Kier molecular flexibility index (Phi) is 9.71. The van der Waals surface area contributed by atoms with E-state index in [4.69, 9.17) is 16.3 Å². The molecule has 0 spiro atoms. The van der Waals surface area contributed by atoms with Crippen molar-refractivity contribution in [3.05, 3.63) is 40.7 Å². The molecule has 1 atom stereocenters. The van der Waals surface area contributed by atoms with Crippen LogP contribution in [0.1, 0.15) is 64.5 Å². The van der Waals surface area contributed by atoms with Gasteiger partial charge in [0.1, 0.15) is 10.8 Å². The van der Waals surface area contributed by atoms with Crippen LogP contribution in [-0.2, 0) is 16.9 Å². The molecule has 1 saturated heterocycles. The number of sulfone groups is 1. The molecule has 1 unspecified atom stereocenters. The Balaban J connectivity index is 1.63. The summed E-state index contributed by atoms with van der Waals surface area (Å²) in [7, 11) is -2.00. The maximum Gasteiger partial charge on any atom is 0.229 e. The number of hydrogen-bond donors (Lipinski definition) is 3. The van der Waals surface area contributed by atoms with Crippen molar-refractivity contribution < 1.29 is 18.3 Å². The number of piperidine rings is 1. The van der Waals surface area contributed by atoms with Crippen LogP contribution in [0.3, 0.4) is 0 Å². The molecule has 0 amide bonds. The van der Waals surface area contributed by atoms with Gasteiger partial charge in [-0.15, -0.1) is 0 Å². The largest absolute Gasteiger partial charge is 0.492 e. The van der Waals surface area contributed by atoms with Gasteiger partial charge in [0.15, 0.2) is 5.82 Å². The zero-order valence-electron chi connectivity index (χ0n) is 25.4. The van der Waals surface area contributed by atoms with Crippen LogP contribution in [0, 0.1) is 6.92 Å². The van der Waals surface area contributed by atoms with E-state index < -0.39 is 15.1 Å². The van der Waals surface area contributed by atoms with E-state index in [0.717, 1.165) is 31.5 Å². The van der Waals surface area contributed by atoms with Gasteiger partial charge in [-0.2, -0.15) is 10.1 Å². The standard InChI is InChI=1S/C29H42ClN7O4S/c1-8-41-25-13-21(20-10-9-11-37(15-20)29(5,6)17-38)19(4)12-23(25)33-28-31-14-22(30)26(34-28)32-24-16-36(7)35-27(24)42(39,40)18(2)3/h12-14,16,18,20,38H,8-11,15,17H2,1-7H3,(H2,31,32,33,34). The highest BCUT2D eigenvalue weighted by Crippen LogP contribution is 2.38. The monoisotopic (exact) mass is 619 g/mol. The molecular formula is C29H42ClN7O4S. The van der Waals surface area contributed by atoms with Crippen LogP contribution < -0.4 is 15.4 Å². The van der Waals surface area contributed by atoms with Gasteiger partial charge in [-0.1, -0.05) is 11.6 Å². The SMILES string of the molecule is CCOc1cc(C2CCCN(C(C)(C)CO)C2)c(C)cc1Nc1ncc(Cl)c(Nc2cn(C)nc2S(=O)(=O)C(C)C)n1. The first-order chi connectivity index (χ1) is 19.8. The van der Waals surface area contributed by atoms with Crippen molar-refractivity contribution in [2.45, 2.75) is 76.1 Å². The average Bonchev–Trinajstić information content (AvgIpc) is 3.32. The van der Waals surface area contributed by atoms with E-state index in [-0.39, 0.29) is 39.6 Å². The van der Waals surface area contributed by atoms with Crippen LogP contribution in [-0.4, -0.2) is 75.3 Å². The number of halogens is 1.